The topological polar surface area (TPSA) is 25.8 Å². The Morgan fingerprint density at radius 2 is 1.59 bits per heavy atom. The van der Waals surface area contributed by atoms with Crippen LogP contribution in [0.25, 0.3) is 11.3 Å². The summed E-state index contributed by atoms with van der Waals surface area (Å²) in [6, 6.07) is 12.2. The van der Waals surface area contributed by atoms with E-state index in [1.807, 2.05) is 18.2 Å². The Morgan fingerprint density at radius 1 is 0.941 bits per heavy atom. The second-order valence-corrected chi connectivity index (χ2v) is 4.90. The molecule has 0 aliphatic rings. The van der Waals surface area contributed by atoms with Crippen LogP contribution < -0.4 is 0 Å². The van der Waals surface area contributed by atoms with Crippen molar-refractivity contribution >= 4 is 0 Å². The number of hydrogen-bond acceptors (Lipinski definition) is 2. The molecule has 1 aromatic heterocycles. The first-order chi connectivity index (χ1) is 7.57. The summed E-state index contributed by atoms with van der Waals surface area (Å²) in [5.41, 5.74) is 3.25. The van der Waals surface area contributed by atoms with Crippen molar-refractivity contribution in [2.75, 3.05) is 0 Å². The monoisotopic (exact) mass is 405 g/mol. The fourth-order valence-corrected chi connectivity index (χ4v) is 1.53. The third kappa shape index (κ3) is 3.45. The van der Waals surface area contributed by atoms with Gasteiger partial charge in [-0.05, 0) is 6.07 Å². The van der Waals surface area contributed by atoms with Gasteiger partial charge in [-0.15, -0.1) is 0 Å². The zero-order valence-corrected chi connectivity index (χ0v) is 12.7. The Hall–Kier alpha value is -1.05. The van der Waals surface area contributed by atoms with Gasteiger partial charge in [0.05, 0.1) is 5.69 Å². The minimum Gasteiger partial charge on any atom is -0.241 e. The van der Waals surface area contributed by atoms with Crippen LogP contribution in [0.15, 0.2) is 42.7 Å². The van der Waals surface area contributed by atoms with Crippen LogP contribution in [0.3, 0.4) is 0 Å². The number of nitrogens with zero attached hydrogens (tertiary/aromatic N) is 2. The molecule has 0 bridgehead atoms. The van der Waals surface area contributed by atoms with Crippen molar-refractivity contribution in [3.8, 4) is 11.3 Å². The molecule has 0 saturated carbocycles. The van der Waals surface area contributed by atoms with Crippen LogP contribution in [-0.2, 0) is 25.5 Å². The van der Waals surface area contributed by atoms with Gasteiger partial charge in [-0.1, -0.05) is 51.1 Å². The van der Waals surface area contributed by atoms with Crippen molar-refractivity contribution in [3.05, 3.63) is 48.4 Å². The second kappa shape index (κ2) is 5.52. The number of hydrogen-bond donors (Lipinski definition) is 0. The largest absolute Gasteiger partial charge is 3.00 e. The zero-order chi connectivity index (χ0) is 11.6. The fraction of sp³-hybridized carbons (Fsp3) is 0.286. The van der Waals surface area contributed by atoms with Crippen molar-refractivity contribution < 1.29 is 20.1 Å². The molecule has 0 unspecified atom stereocenters. The van der Waals surface area contributed by atoms with E-state index in [2.05, 4.69) is 48.9 Å². The SMILES string of the molecule is CC(C)(C)c1cc(-c2ccccc2)ncn1.[Ir+3]. The molecule has 1 heterocycles. The van der Waals surface area contributed by atoms with Gasteiger partial charge >= 0.3 is 20.1 Å². The summed E-state index contributed by atoms with van der Waals surface area (Å²) in [5.74, 6) is 0. The summed E-state index contributed by atoms with van der Waals surface area (Å²) in [4.78, 5) is 8.64. The molecule has 17 heavy (non-hydrogen) atoms. The normalized spacial score (nSPS) is 10.8. The molecule has 0 fully saturated rings. The molecule has 0 N–H and O–H groups in total. The molecule has 3 heteroatoms. The van der Waals surface area contributed by atoms with E-state index in [1.54, 1.807) is 6.33 Å². The molecule has 2 aromatic rings. The maximum absolute atomic E-state index is 4.33. The van der Waals surface area contributed by atoms with E-state index >= 15 is 0 Å². The first-order valence-electron chi connectivity index (χ1n) is 5.45. The van der Waals surface area contributed by atoms with Crippen molar-refractivity contribution in [1.29, 1.82) is 0 Å². The standard InChI is InChI=1S/C14H16N2.Ir/c1-14(2,3)13-9-12(15-10-16-13)11-7-5-4-6-8-11;/h4-10H,1-3H3;/q;+3. The van der Waals surface area contributed by atoms with E-state index in [-0.39, 0.29) is 25.5 Å². The molecule has 0 aliphatic heterocycles. The number of rotatable bonds is 1. The molecule has 2 nitrogen and oxygen atoms in total. The summed E-state index contributed by atoms with van der Waals surface area (Å²) >= 11 is 0. The van der Waals surface area contributed by atoms with Gasteiger partial charge in [-0.2, -0.15) is 0 Å². The number of benzene rings is 1. The predicted octanol–water partition coefficient (Wildman–Crippen LogP) is 3.44. The van der Waals surface area contributed by atoms with Gasteiger partial charge in [-0.3, -0.25) is 0 Å². The van der Waals surface area contributed by atoms with Gasteiger partial charge < -0.3 is 0 Å². The minimum atomic E-state index is 0. The summed E-state index contributed by atoms with van der Waals surface area (Å²) in [6.07, 6.45) is 1.64. The van der Waals surface area contributed by atoms with Crippen LogP contribution in [0.2, 0.25) is 0 Å². The predicted molar refractivity (Wildman–Crippen MR) is 66.2 cm³/mol. The van der Waals surface area contributed by atoms with Crippen molar-refractivity contribution in [2.45, 2.75) is 26.2 Å². The van der Waals surface area contributed by atoms with Gasteiger partial charge in [-0.25, -0.2) is 9.97 Å². The maximum Gasteiger partial charge on any atom is 3.00 e. The maximum atomic E-state index is 4.33. The molecule has 1 aromatic carbocycles. The van der Waals surface area contributed by atoms with Crippen LogP contribution in [0.5, 0.6) is 0 Å². The summed E-state index contributed by atoms with van der Waals surface area (Å²) < 4.78 is 0. The molecule has 0 radical (unpaired) electrons. The quantitative estimate of drug-likeness (QED) is 0.728. The molecular weight excluding hydrogens is 388 g/mol. The number of aromatic nitrogens is 2. The van der Waals surface area contributed by atoms with E-state index in [0.29, 0.717) is 0 Å². The first-order valence-corrected chi connectivity index (χ1v) is 5.45. The van der Waals surface area contributed by atoms with Gasteiger partial charge in [0.2, 0.25) is 0 Å². The molecular formula is C14H16IrN2+3. The van der Waals surface area contributed by atoms with Crippen molar-refractivity contribution in [3.63, 3.8) is 0 Å². The first kappa shape index (κ1) is 14.0. The van der Waals surface area contributed by atoms with E-state index in [1.165, 1.54) is 0 Å². The van der Waals surface area contributed by atoms with Gasteiger partial charge in [0.25, 0.3) is 0 Å². The Kier molecular flexibility index (Phi) is 4.55. The van der Waals surface area contributed by atoms with Crippen LogP contribution in [0.4, 0.5) is 0 Å². The van der Waals surface area contributed by atoms with Crippen LogP contribution in [-0.4, -0.2) is 9.97 Å². The van der Waals surface area contributed by atoms with E-state index in [9.17, 15) is 0 Å². The van der Waals surface area contributed by atoms with E-state index in [0.717, 1.165) is 17.0 Å². The molecule has 0 saturated heterocycles. The fourth-order valence-electron chi connectivity index (χ4n) is 1.53. The Bertz CT molecular complexity index is 475. The Labute approximate surface area is 116 Å². The van der Waals surface area contributed by atoms with Gasteiger partial charge in [0.1, 0.15) is 6.33 Å². The van der Waals surface area contributed by atoms with Gasteiger partial charge in [0, 0.05) is 16.7 Å². The third-order valence-electron chi connectivity index (χ3n) is 2.51. The molecule has 0 aliphatic carbocycles. The molecule has 88 valence electrons. The summed E-state index contributed by atoms with van der Waals surface area (Å²) in [7, 11) is 0. The van der Waals surface area contributed by atoms with Crippen LogP contribution in [0, 0.1) is 0 Å². The average molecular weight is 405 g/mol. The van der Waals surface area contributed by atoms with Crippen LogP contribution >= 0.6 is 0 Å². The summed E-state index contributed by atoms with van der Waals surface area (Å²) in [5, 5.41) is 0. The van der Waals surface area contributed by atoms with E-state index < -0.39 is 0 Å². The molecule has 2 rings (SSSR count). The second-order valence-electron chi connectivity index (χ2n) is 4.90. The Morgan fingerprint density at radius 3 is 2.18 bits per heavy atom. The molecule has 0 spiro atoms. The average Bonchev–Trinajstić information content (AvgIpc) is 2.29. The Balaban J connectivity index is 0.00000144. The minimum absolute atomic E-state index is 0. The van der Waals surface area contributed by atoms with Crippen LogP contribution in [0.1, 0.15) is 26.5 Å². The van der Waals surface area contributed by atoms with Gasteiger partial charge in [0.15, 0.2) is 0 Å². The summed E-state index contributed by atoms with van der Waals surface area (Å²) in [6.45, 7) is 6.47. The van der Waals surface area contributed by atoms with Crippen molar-refractivity contribution in [2.24, 2.45) is 0 Å². The van der Waals surface area contributed by atoms with Crippen molar-refractivity contribution in [1.82, 2.24) is 9.97 Å². The molecule has 0 atom stereocenters. The van der Waals surface area contributed by atoms with E-state index in [4.69, 9.17) is 0 Å². The smallest absolute Gasteiger partial charge is 0.241 e. The third-order valence-corrected chi connectivity index (χ3v) is 2.51. The zero-order valence-electron chi connectivity index (χ0n) is 10.3. The molecule has 0 amide bonds.